The molecule has 1 aromatic carbocycles. The van der Waals surface area contributed by atoms with Gasteiger partial charge in [0.05, 0.1) is 20.2 Å². The van der Waals surface area contributed by atoms with Crippen LogP contribution in [0.4, 0.5) is 4.79 Å². The van der Waals surface area contributed by atoms with Crippen molar-refractivity contribution >= 4 is 17.8 Å². The number of fused-ring (bicyclic) bond motifs is 1. The summed E-state index contributed by atoms with van der Waals surface area (Å²) in [5.41, 5.74) is 0.931. The highest BCUT2D eigenvalue weighted by Crippen LogP contribution is 2.28. The van der Waals surface area contributed by atoms with Gasteiger partial charge in [-0.25, -0.2) is 14.8 Å². The Hall–Kier alpha value is -2.85. The predicted molar refractivity (Wildman–Crippen MR) is 122 cm³/mol. The smallest absolute Gasteiger partial charge is 0.334 e. The number of urea groups is 1. The van der Waals surface area contributed by atoms with Gasteiger partial charge in [0.25, 0.3) is 0 Å². The Morgan fingerprint density at radius 3 is 2.55 bits per heavy atom. The molecule has 1 N–H and O–H groups in total. The topological polar surface area (TPSA) is 94.7 Å². The van der Waals surface area contributed by atoms with E-state index in [-0.39, 0.29) is 30.9 Å². The molecule has 4 amide bonds. The Bertz CT molecular complexity index is 833. The third-order valence-corrected chi connectivity index (χ3v) is 6.09. The van der Waals surface area contributed by atoms with E-state index in [1.165, 1.54) is 0 Å². The summed E-state index contributed by atoms with van der Waals surface area (Å²) >= 11 is 0. The normalized spacial score (nSPS) is 21.3. The molecular weight excluding hydrogens is 426 g/mol. The Balaban J connectivity index is 1.78. The third-order valence-electron chi connectivity index (χ3n) is 6.09. The van der Waals surface area contributed by atoms with Gasteiger partial charge in [-0.3, -0.25) is 9.59 Å². The van der Waals surface area contributed by atoms with Gasteiger partial charge in [0.2, 0.25) is 11.8 Å². The van der Waals surface area contributed by atoms with Crippen molar-refractivity contribution in [3.05, 3.63) is 29.8 Å². The average Bonchev–Trinajstić information content (AvgIpc) is 2.80. The van der Waals surface area contributed by atoms with Crippen molar-refractivity contribution in [3.8, 4) is 5.75 Å². The van der Waals surface area contributed by atoms with E-state index < -0.39 is 12.2 Å². The lowest BCUT2D eigenvalue weighted by atomic mass is 10.0. The van der Waals surface area contributed by atoms with E-state index in [4.69, 9.17) is 9.47 Å². The first-order chi connectivity index (χ1) is 15.9. The number of carbonyl (C=O) groups is 3. The van der Waals surface area contributed by atoms with Crippen LogP contribution in [0.3, 0.4) is 0 Å². The predicted octanol–water partition coefficient (Wildman–Crippen LogP) is 1.27. The summed E-state index contributed by atoms with van der Waals surface area (Å²) in [6.45, 7) is 3.71. The summed E-state index contributed by atoms with van der Waals surface area (Å²) in [7, 11) is 4.96. The molecule has 0 aromatic heterocycles. The van der Waals surface area contributed by atoms with Gasteiger partial charge in [-0.2, -0.15) is 0 Å². The zero-order valence-corrected chi connectivity index (χ0v) is 20.0. The number of likely N-dealkylation sites (N-methyl/N-ethyl adjacent to an activating group) is 1. The van der Waals surface area contributed by atoms with Gasteiger partial charge in [0.1, 0.15) is 18.0 Å². The van der Waals surface area contributed by atoms with Gasteiger partial charge in [0, 0.05) is 33.9 Å². The summed E-state index contributed by atoms with van der Waals surface area (Å²) in [6, 6.07) is 6.60. The van der Waals surface area contributed by atoms with Crippen molar-refractivity contribution in [2.24, 2.45) is 0 Å². The van der Waals surface area contributed by atoms with E-state index in [0.717, 1.165) is 17.7 Å². The van der Waals surface area contributed by atoms with Crippen molar-refractivity contribution in [3.63, 3.8) is 0 Å². The number of piperazine rings is 1. The number of rotatable bonds is 9. The van der Waals surface area contributed by atoms with Gasteiger partial charge >= 0.3 is 6.03 Å². The van der Waals surface area contributed by atoms with E-state index in [1.54, 1.807) is 41.1 Å². The van der Waals surface area contributed by atoms with Crippen molar-refractivity contribution < 1.29 is 23.9 Å². The number of nitrogens with zero attached hydrogens (tertiary/aromatic N) is 4. The van der Waals surface area contributed by atoms with Gasteiger partial charge in [-0.05, 0) is 30.5 Å². The second-order valence-corrected chi connectivity index (χ2v) is 8.38. The van der Waals surface area contributed by atoms with E-state index in [0.29, 0.717) is 32.5 Å². The molecule has 3 rings (SSSR count). The van der Waals surface area contributed by atoms with Gasteiger partial charge < -0.3 is 24.6 Å². The molecule has 2 heterocycles. The number of ether oxygens (including phenoxy) is 2. The monoisotopic (exact) mass is 461 g/mol. The number of carbonyl (C=O) groups excluding carboxylic acids is 3. The lowest BCUT2D eigenvalue weighted by molar-refractivity contribution is -0.187. The van der Waals surface area contributed by atoms with Crippen LogP contribution in [0.2, 0.25) is 0 Å². The summed E-state index contributed by atoms with van der Waals surface area (Å²) in [4.78, 5) is 42.8. The second-order valence-electron chi connectivity index (χ2n) is 8.38. The van der Waals surface area contributed by atoms with E-state index >= 15 is 0 Å². The van der Waals surface area contributed by atoms with Crippen LogP contribution in [-0.4, -0.2) is 97.4 Å². The Kier molecular flexibility index (Phi) is 8.51. The minimum absolute atomic E-state index is 0.0453. The van der Waals surface area contributed by atoms with Crippen molar-refractivity contribution in [1.29, 1.82) is 0 Å². The number of amides is 4. The minimum Gasteiger partial charge on any atom is -0.497 e. The first-order valence-corrected chi connectivity index (χ1v) is 11.4. The molecule has 2 unspecified atom stereocenters. The highest BCUT2D eigenvalue weighted by molar-refractivity contribution is 5.91. The van der Waals surface area contributed by atoms with Gasteiger partial charge in [0.15, 0.2) is 0 Å². The number of hydrogen-bond donors (Lipinski definition) is 1. The highest BCUT2D eigenvalue weighted by atomic mass is 16.5. The second kappa shape index (κ2) is 11.3. The first kappa shape index (κ1) is 24.8. The van der Waals surface area contributed by atoms with E-state index in [2.05, 4.69) is 5.32 Å². The Morgan fingerprint density at radius 1 is 1.18 bits per heavy atom. The number of methoxy groups -OCH3 is 2. The molecule has 0 aliphatic carbocycles. The standard InChI is InChI=1S/C23H35N5O5/c1-5-7-19-22(30)26(12-6-13-32-3)15-20-27(19)21(29)16-25(2)28(20)23(31)24-14-17-8-10-18(33-4)11-9-17/h8-11,19-20H,5-7,12-16H2,1-4H3,(H,24,31). The van der Waals surface area contributed by atoms with Crippen LogP contribution in [0.5, 0.6) is 5.75 Å². The van der Waals surface area contributed by atoms with Crippen LogP contribution < -0.4 is 10.1 Å². The molecule has 2 aliphatic rings. The maximum atomic E-state index is 13.3. The molecule has 2 aliphatic heterocycles. The molecule has 10 nitrogen and oxygen atoms in total. The van der Waals surface area contributed by atoms with Crippen molar-refractivity contribution in [2.75, 3.05) is 47.5 Å². The number of hydrogen-bond acceptors (Lipinski definition) is 6. The molecule has 0 spiro atoms. The van der Waals surface area contributed by atoms with Gasteiger partial charge in [-0.1, -0.05) is 25.5 Å². The van der Waals surface area contributed by atoms with Crippen molar-refractivity contribution in [1.82, 2.24) is 25.1 Å². The maximum Gasteiger partial charge on any atom is 0.334 e. The number of benzene rings is 1. The third kappa shape index (κ3) is 5.56. The zero-order valence-electron chi connectivity index (χ0n) is 20.0. The molecule has 182 valence electrons. The lowest BCUT2D eigenvalue weighted by Gasteiger charge is -2.54. The molecule has 2 fully saturated rings. The molecule has 2 atom stereocenters. The fourth-order valence-electron chi connectivity index (χ4n) is 4.46. The van der Waals surface area contributed by atoms with Crippen LogP contribution in [-0.2, 0) is 20.9 Å². The molecule has 0 bridgehead atoms. The van der Waals surface area contributed by atoms with Crippen LogP contribution in [0, 0.1) is 0 Å². The van der Waals surface area contributed by atoms with Crippen LogP contribution >= 0.6 is 0 Å². The van der Waals surface area contributed by atoms with Crippen LogP contribution in [0.1, 0.15) is 31.7 Å². The number of nitrogens with one attached hydrogen (secondary N) is 1. The average molecular weight is 462 g/mol. The lowest BCUT2D eigenvalue weighted by Crippen LogP contribution is -2.75. The van der Waals surface area contributed by atoms with E-state index in [1.807, 2.05) is 31.2 Å². The highest BCUT2D eigenvalue weighted by Gasteiger charge is 2.50. The van der Waals surface area contributed by atoms with Gasteiger partial charge in [-0.15, -0.1) is 0 Å². The largest absolute Gasteiger partial charge is 0.497 e. The quantitative estimate of drug-likeness (QED) is 0.557. The molecule has 2 saturated heterocycles. The number of hydrazine groups is 1. The molecule has 0 radical (unpaired) electrons. The molecule has 33 heavy (non-hydrogen) atoms. The first-order valence-electron chi connectivity index (χ1n) is 11.4. The fraction of sp³-hybridized carbons (Fsp3) is 0.609. The Morgan fingerprint density at radius 2 is 1.91 bits per heavy atom. The fourth-order valence-corrected chi connectivity index (χ4v) is 4.46. The summed E-state index contributed by atoms with van der Waals surface area (Å²) in [6.07, 6.45) is 1.47. The minimum atomic E-state index is -0.561. The molecule has 0 saturated carbocycles. The zero-order chi connectivity index (χ0) is 24.0. The van der Waals surface area contributed by atoms with Crippen LogP contribution in [0.25, 0.3) is 0 Å². The molecule has 1 aromatic rings. The summed E-state index contributed by atoms with van der Waals surface area (Å²) in [5.74, 6) is 0.558. The van der Waals surface area contributed by atoms with Crippen molar-refractivity contribution in [2.45, 2.75) is 44.9 Å². The summed E-state index contributed by atoms with van der Waals surface area (Å²) < 4.78 is 10.3. The van der Waals surface area contributed by atoms with E-state index in [9.17, 15) is 14.4 Å². The molecular formula is C23H35N5O5. The maximum absolute atomic E-state index is 13.3. The molecule has 10 heteroatoms. The SMILES string of the molecule is CCCC1C(=O)N(CCCOC)CC2N1C(=O)CN(C)N2C(=O)NCc1ccc(OC)cc1. The Labute approximate surface area is 195 Å². The van der Waals surface area contributed by atoms with Crippen LogP contribution in [0.15, 0.2) is 24.3 Å². The summed E-state index contributed by atoms with van der Waals surface area (Å²) in [5, 5.41) is 6.16.